The quantitative estimate of drug-likeness (QED) is 0.217. The van der Waals surface area contributed by atoms with Crippen LogP contribution < -0.4 is 10.9 Å². The van der Waals surface area contributed by atoms with E-state index in [0.717, 1.165) is 0 Å². The van der Waals surface area contributed by atoms with Crippen molar-refractivity contribution in [3.63, 3.8) is 0 Å². The van der Waals surface area contributed by atoms with E-state index in [0.29, 0.717) is 0 Å². The van der Waals surface area contributed by atoms with Crippen molar-refractivity contribution in [2.24, 2.45) is 5.92 Å². The normalized spacial score (nSPS) is 21.9. The maximum atomic E-state index is 12.6. The molecule has 14 nitrogen and oxygen atoms in total. The van der Waals surface area contributed by atoms with E-state index < -0.39 is 53.3 Å². The Morgan fingerprint density at radius 1 is 1.24 bits per heavy atom. The van der Waals surface area contributed by atoms with Crippen LogP contribution >= 0.6 is 8.25 Å². The molecule has 1 unspecified atom stereocenters. The number of pyridine rings is 1. The molecule has 0 bridgehead atoms. The first-order chi connectivity index (χ1) is 19.2. The first-order valence-corrected chi connectivity index (χ1v) is 17.3. The Kier molecular flexibility index (Phi) is 10.7. The molecule has 0 aliphatic carbocycles. The van der Waals surface area contributed by atoms with Crippen LogP contribution in [-0.2, 0) is 23.0 Å². The van der Waals surface area contributed by atoms with E-state index in [1.165, 1.54) is 10.9 Å². The second-order valence-electron chi connectivity index (χ2n) is 11.3. The number of hydrogen-bond donors (Lipinski definition) is 4. The molecule has 3 aromatic rings. The minimum Gasteiger partial charge on any atom is -0.408 e. The van der Waals surface area contributed by atoms with Gasteiger partial charge in [-0.1, -0.05) is 40.7 Å². The van der Waals surface area contributed by atoms with Crippen molar-refractivity contribution in [3.8, 4) is 0 Å². The van der Waals surface area contributed by atoms with Crippen LogP contribution in [0.5, 0.6) is 0 Å². The minimum absolute atomic E-state index is 0.0270. The van der Waals surface area contributed by atoms with Crippen molar-refractivity contribution in [1.82, 2.24) is 24.5 Å². The molecule has 16 heteroatoms. The van der Waals surface area contributed by atoms with Crippen molar-refractivity contribution in [3.05, 3.63) is 47.3 Å². The molecule has 1 aliphatic heterocycles. The lowest BCUT2D eigenvalue weighted by Crippen LogP contribution is -2.50. The Hall–Kier alpha value is -2.78. The highest BCUT2D eigenvalue weighted by Crippen LogP contribution is 2.44. The molecule has 0 aromatic carbocycles. The van der Waals surface area contributed by atoms with Crippen LogP contribution in [0.15, 0.2) is 41.7 Å². The lowest BCUT2D eigenvalue weighted by Gasteiger charge is -2.40. The third kappa shape index (κ3) is 7.95. The fourth-order valence-electron chi connectivity index (χ4n) is 3.73. The van der Waals surface area contributed by atoms with Crippen LogP contribution in [-0.4, -0.2) is 73.6 Å². The molecular weight excluding hydrogens is 571 g/mol. The lowest BCUT2D eigenvalue weighted by atomic mass is 10.1. The van der Waals surface area contributed by atoms with Gasteiger partial charge in [0.1, 0.15) is 18.3 Å². The van der Waals surface area contributed by atoms with Crippen LogP contribution in [0.4, 0.5) is 5.95 Å². The van der Waals surface area contributed by atoms with Crippen molar-refractivity contribution >= 4 is 39.6 Å². The molecule has 1 amide bonds. The molecule has 41 heavy (non-hydrogen) atoms. The van der Waals surface area contributed by atoms with E-state index >= 15 is 0 Å². The van der Waals surface area contributed by atoms with Gasteiger partial charge in [0.2, 0.25) is 11.9 Å². The zero-order valence-electron chi connectivity index (χ0n) is 24.2. The largest absolute Gasteiger partial charge is 0.408 e. The second kappa shape index (κ2) is 13.5. The molecule has 4 rings (SSSR count). The molecule has 0 saturated carbocycles. The van der Waals surface area contributed by atoms with E-state index in [-0.39, 0.29) is 34.0 Å². The third-order valence-corrected chi connectivity index (χ3v) is 11.9. The third-order valence-electron chi connectivity index (χ3n) is 6.98. The van der Waals surface area contributed by atoms with Crippen LogP contribution in [0, 0.1) is 5.92 Å². The van der Waals surface area contributed by atoms with Gasteiger partial charge in [-0.2, -0.15) is 4.98 Å². The van der Waals surface area contributed by atoms with Crippen molar-refractivity contribution < 1.29 is 33.0 Å². The fraction of sp³-hybridized carbons (Fsp3) is 0.560. The Balaban J connectivity index is 0.000000681. The van der Waals surface area contributed by atoms with Gasteiger partial charge < -0.3 is 19.2 Å². The maximum Gasteiger partial charge on any atom is 0.317 e. The van der Waals surface area contributed by atoms with Crippen LogP contribution in [0.2, 0.25) is 18.1 Å². The Labute approximate surface area is 239 Å². The SMILES string of the molecule is CC(C)C(=O)Nc1nc2c(ncn2[C@@H]2O[C@H](CO)[C@@H](O[Si](C)(C)C(C)(C)C)[C@H]2O[PH](=O)O)c(=O)[nH]1.c1ccncc1. The number of anilines is 1. The fourth-order valence-corrected chi connectivity index (χ4v) is 5.53. The molecule has 4 N–H and O–H groups in total. The van der Waals surface area contributed by atoms with Crippen molar-refractivity contribution in [1.29, 1.82) is 0 Å². The lowest BCUT2D eigenvalue weighted by molar-refractivity contribution is -0.118. The Bertz CT molecular complexity index is 1370. The number of ether oxygens (including phenoxy) is 1. The molecule has 1 saturated heterocycles. The highest BCUT2D eigenvalue weighted by Gasteiger charge is 2.52. The number of aliphatic hydroxyl groups is 1. The molecule has 1 fully saturated rings. The number of carbonyl (C=O) groups is 1. The van der Waals surface area contributed by atoms with E-state index in [2.05, 4.69) is 25.3 Å². The average molecular weight is 611 g/mol. The number of aromatic nitrogens is 5. The average Bonchev–Trinajstić information content (AvgIpc) is 3.45. The number of aromatic amines is 1. The molecule has 4 heterocycles. The van der Waals surface area contributed by atoms with Crippen LogP contribution in [0.1, 0.15) is 40.8 Å². The first-order valence-electron chi connectivity index (χ1n) is 13.1. The predicted octanol–water partition coefficient (Wildman–Crippen LogP) is 2.84. The monoisotopic (exact) mass is 610 g/mol. The summed E-state index contributed by atoms with van der Waals surface area (Å²) in [7, 11) is -5.87. The predicted molar refractivity (Wildman–Crippen MR) is 155 cm³/mol. The number of amides is 1. The molecule has 226 valence electrons. The number of aliphatic hydroxyl groups excluding tert-OH is 1. The van der Waals surface area contributed by atoms with E-state index in [1.54, 1.807) is 26.2 Å². The molecule has 3 aromatic heterocycles. The highest BCUT2D eigenvalue weighted by molar-refractivity contribution is 7.32. The van der Waals surface area contributed by atoms with Gasteiger partial charge in [-0.3, -0.25) is 38.5 Å². The summed E-state index contributed by atoms with van der Waals surface area (Å²) in [6, 6.07) is 5.72. The number of carbonyl (C=O) groups excluding carboxylic acids is 1. The van der Waals surface area contributed by atoms with Crippen molar-refractivity contribution in [2.75, 3.05) is 11.9 Å². The van der Waals surface area contributed by atoms with Crippen LogP contribution in [0.25, 0.3) is 11.2 Å². The van der Waals surface area contributed by atoms with Gasteiger partial charge in [0, 0.05) is 18.3 Å². The van der Waals surface area contributed by atoms with E-state index in [1.807, 2.05) is 52.1 Å². The molecule has 0 radical (unpaired) electrons. The van der Waals surface area contributed by atoms with Gasteiger partial charge in [-0.25, -0.2) is 4.98 Å². The molecule has 1 aliphatic rings. The summed E-state index contributed by atoms with van der Waals surface area (Å²) in [5.41, 5.74) is -0.554. The number of nitrogens with zero attached hydrogens (tertiary/aromatic N) is 4. The highest BCUT2D eigenvalue weighted by atomic mass is 31.1. The van der Waals surface area contributed by atoms with Gasteiger partial charge in [0.05, 0.1) is 12.9 Å². The van der Waals surface area contributed by atoms with E-state index in [9.17, 15) is 24.2 Å². The van der Waals surface area contributed by atoms with E-state index in [4.69, 9.17) is 13.7 Å². The van der Waals surface area contributed by atoms with Crippen LogP contribution in [0.3, 0.4) is 0 Å². The summed E-state index contributed by atoms with van der Waals surface area (Å²) >= 11 is 0. The molecular formula is C25H39N6O8PSi. The summed E-state index contributed by atoms with van der Waals surface area (Å²) in [6.45, 7) is 13.1. The topological polar surface area (TPSA) is 191 Å². The molecule has 5 atom stereocenters. The smallest absolute Gasteiger partial charge is 0.317 e. The first kappa shape index (κ1) is 32.7. The van der Waals surface area contributed by atoms with Gasteiger partial charge in [0.25, 0.3) is 5.56 Å². The second-order valence-corrected chi connectivity index (χ2v) is 16.9. The van der Waals surface area contributed by atoms with Gasteiger partial charge in [-0.15, -0.1) is 0 Å². The molecule has 0 spiro atoms. The van der Waals surface area contributed by atoms with Crippen molar-refractivity contribution in [2.45, 2.75) is 77.3 Å². The number of imidazole rings is 1. The summed E-state index contributed by atoms with van der Waals surface area (Å²) < 4.78 is 31.0. The standard InChI is InChI=1S/C20H34N5O8PSi.C5H5N/c1-10(2)16(27)23-19-22-15-12(17(28)24-19)21-9-25(15)18-14(32-34(29)30)13(11(8-26)31-18)33-35(6,7)20(3,4)5;1-2-4-6-5-3-1/h9-11,13-14,18,26,34H,8H2,1-7H3,(H,29,30)(H2,22,23,24,27,28);1-5H/t11-,13-,14-,18-;/m1./s1. The minimum atomic E-state index is -3.44. The zero-order chi connectivity index (χ0) is 30.5. The van der Waals surface area contributed by atoms with Gasteiger partial charge in [0.15, 0.2) is 25.7 Å². The summed E-state index contributed by atoms with van der Waals surface area (Å²) in [5.74, 6) is -0.779. The summed E-state index contributed by atoms with van der Waals surface area (Å²) in [5, 5.41) is 12.4. The number of fused-ring (bicyclic) bond motifs is 1. The Morgan fingerprint density at radius 2 is 1.90 bits per heavy atom. The zero-order valence-corrected chi connectivity index (χ0v) is 26.2. The Morgan fingerprint density at radius 3 is 2.39 bits per heavy atom. The summed E-state index contributed by atoms with van der Waals surface area (Å²) in [4.78, 5) is 49.0. The maximum absolute atomic E-state index is 12.6. The number of rotatable bonds is 8. The number of nitrogens with one attached hydrogen (secondary N) is 2. The van der Waals surface area contributed by atoms with Gasteiger partial charge >= 0.3 is 8.25 Å². The number of hydrogen-bond acceptors (Lipinski definition) is 10. The summed E-state index contributed by atoms with van der Waals surface area (Å²) in [6.07, 6.45) is 0.854. The van der Waals surface area contributed by atoms with Gasteiger partial charge in [-0.05, 0) is 30.3 Å². The number of H-pyrrole nitrogens is 1.